The summed E-state index contributed by atoms with van der Waals surface area (Å²) in [5, 5.41) is 0. The molecule has 9 heavy (non-hydrogen) atoms. The lowest BCUT2D eigenvalue weighted by molar-refractivity contribution is 0.0893. The van der Waals surface area contributed by atoms with E-state index in [4.69, 9.17) is 4.74 Å². The van der Waals surface area contributed by atoms with Gasteiger partial charge in [0, 0.05) is 0 Å². The van der Waals surface area contributed by atoms with Gasteiger partial charge in [0.25, 0.3) is 0 Å². The van der Waals surface area contributed by atoms with Crippen molar-refractivity contribution in [1.82, 2.24) is 0 Å². The SMILES string of the molecule is C=C1C=C[C@H]2CC[C@@H]1O2. The smallest absolute Gasteiger partial charge is 0.0828 e. The summed E-state index contributed by atoms with van der Waals surface area (Å²) < 4.78 is 5.52. The molecule has 0 radical (unpaired) electrons. The van der Waals surface area contributed by atoms with Crippen molar-refractivity contribution in [3.63, 3.8) is 0 Å². The number of fused-ring (bicyclic) bond motifs is 2. The van der Waals surface area contributed by atoms with Gasteiger partial charge < -0.3 is 4.74 Å². The molecule has 2 aliphatic heterocycles. The van der Waals surface area contributed by atoms with Gasteiger partial charge in [-0.1, -0.05) is 18.7 Å². The number of hydrogen-bond donors (Lipinski definition) is 0. The zero-order valence-electron chi connectivity index (χ0n) is 5.34. The highest BCUT2D eigenvalue weighted by Gasteiger charge is 2.27. The molecule has 0 aromatic rings. The summed E-state index contributed by atoms with van der Waals surface area (Å²) in [6.45, 7) is 3.88. The van der Waals surface area contributed by atoms with E-state index in [1.807, 2.05) is 0 Å². The Bertz CT molecular complexity index is 169. The highest BCUT2D eigenvalue weighted by atomic mass is 16.5. The zero-order chi connectivity index (χ0) is 6.27. The Morgan fingerprint density at radius 3 is 3.22 bits per heavy atom. The Labute approximate surface area is 55.0 Å². The van der Waals surface area contributed by atoms with Gasteiger partial charge in [-0.2, -0.15) is 0 Å². The lowest BCUT2D eigenvalue weighted by Gasteiger charge is -2.15. The average molecular weight is 122 g/mol. The monoisotopic (exact) mass is 122 g/mol. The van der Waals surface area contributed by atoms with Gasteiger partial charge in [0.05, 0.1) is 12.2 Å². The van der Waals surface area contributed by atoms with Gasteiger partial charge in [0.1, 0.15) is 0 Å². The van der Waals surface area contributed by atoms with E-state index in [-0.39, 0.29) is 0 Å². The molecule has 1 fully saturated rings. The molecule has 2 rings (SSSR count). The molecule has 0 N–H and O–H groups in total. The fourth-order valence-corrected chi connectivity index (χ4v) is 1.42. The first kappa shape index (κ1) is 5.24. The maximum atomic E-state index is 5.52. The molecular formula is C8H10O. The van der Waals surface area contributed by atoms with Crippen LogP contribution in [0.2, 0.25) is 0 Å². The Morgan fingerprint density at radius 2 is 2.44 bits per heavy atom. The van der Waals surface area contributed by atoms with E-state index in [0.717, 1.165) is 12.0 Å². The van der Waals surface area contributed by atoms with Crippen molar-refractivity contribution in [2.45, 2.75) is 25.0 Å². The molecule has 1 saturated heterocycles. The lowest BCUT2D eigenvalue weighted by atomic mass is 10.1. The van der Waals surface area contributed by atoms with E-state index in [0.29, 0.717) is 12.2 Å². The van der Waals surface area contributed by atoms with Gasteiger partial charge in [-0.25, -0.2) is 0 Å². The molecule has 48 valence electrons. The van der Waals surface area contributed by atoms with Crippen LogP contribution in [0.15, 0.2) is 24.3 Å². The lowest BCUT2D eigenvalue weighted by Crippen LogP contribution is -2.14. The van der Waals surface area contributed by atoms with E-state index in [9.17, 15) is 0 Å². The third kappa shape index (κ3) is 0.724. The summed E-state index contributed by atoms with van der Waals surface area (Å²) in [6, 6.07) is 0. The molecule has 0 aromatic carbocycles. The van der Waals surface area contributed by atoms with Crippen LogP contribution in [-0.2, 0) is 4.74 Å². The first-order chi connectivity index (χ1) is 4.36. The number of ether oxygens (including phenoxy) is 1. The van der Waals surface area contributed by atoms with Gasteiger partial charge in [-0.05, 0) is 18.4 Å². The molecule has 0 amide bonds. The largest absolute Gasteiger partial charge is 0.366 e. The van der Waals surface area contributed by atoms with Crippen molar-refractivity contribution in [3.8, 4) is 0 Å². The second-order valence-corrected chi connectivity index (χ2v) is 2.67. The topological polar surface area (TPSA) is 9.23 Å². The van der Waals surface area contributed by atoms with Gasteiger partial charge in [0.2, 0.25) is 0 Å². The highest BCUT2D eigenvalue weighted by molar-refractivity contribution is 5.25. The van der Waals surface area contributed by atoms with Crippen molar-refractivity contribution >= 4 is 0 Å². The number of rotatable bonds is 0. The minimum atomic E-state index is 0.347. The molecule has 1 nitrogen and oxygen atoms in total. The molecule has 2 heterocycles. The van der Waals surface area contributed by atoms with E-state index < -0.39 is 0 Å². The molecule has 2 atom stereocenters. The maximum Gasteiger partial charge on any atom is 0.0828 e. The summed E-state index contributed by atoms with van der Waals surface area (Å²) in [4.78, 5) is 0. The van der Waals surface area contributed by atoms with Gasteiger partial charge in [-0.15, -0.1) is 0 Å². The van der Waals surface area contributed by atoms with Gasteiger partial charge in [0.15, 0.2) is 0 Å². The highest BCUT2D eigenvalue weighted by Crippen LogP contribution is 2.29. The van der Waals surface area contributed by atoms with Crippen LogP contribution in [0.25, 0.3) is 0 Å². The van der Waals surface area contributed by atoms with Crippen molar-refractivity contribution in [2.75, 3.05) is 0 Å². The Kier molecular flexibility index (Phi) is 0.995. The fourth-order valence-electron chi connectivity index (χ4n) is 1.42. The van der Waals surface area contributed by atoms with E-state index in [1.165, 1.54) is 6.42 Å². The molecule has 0 unspecified atom stereocenters. The molecule has 0 aromatic heterocycles. The summed E-state index contributed by atoms with van der Waals surface area (Å²) in [5.74, 6) is 0. The zero-order valence-corrected chi connectivity index (χ0v) is 5.34. The van der Waals surface area contributed by atoms with Crippen LogP contribution < -0.4 is 0 Å². The first-order valence-corrected chi connectivity index (χ1v) is 3.39. The van der Waals surface area contributed by atoms with Crippen LogP contribution in [0, 0.1) is 0 Å². The van der Waals surface area contributed by atoms with E-state index in [1.54, 1.807) is 0 Å². The van der Waals surface area contributed by atoms with Crippen molar-refractivity contribution in [3.05, 3.63) is 24.3 Å². The predicted octanol–water partition coefficient (Wildman–Crippen LogP) is 1.66. The molecule has 1 heteroatoms. The van der Waals surface area contributed by atoms with Crippen LogP contribution in [0.4, 0.5) is 0 Å². The molecule has 0 saturated carbocycles. The van der Waals surface area contributed by atoms with Crippen molar-refractivity contribution in [1.29, 1.82) is 0 Å². The van der Waals surface area contributed by atoms with Crippen LogP contribution >= 0.6 is 0 Å². The van der Waals surface area contributed by atoms with Crippen LogP contribution in [-0.4, -0.2) is 12.2 Å². The second kappa shape index (κ2) is 1.71. The maximum absolute atomic E-state index is 5.52. The van der Waals surface area contributed by atoms with E-state index >= 15 is 0 Å². The normalized spacial score (nSPS) is 39.8. The van der Waals surface area contributed by atoms with Crippen LogP contribution in [0.3, 0.4) is 0 Å². The quantitative estimate of drug-likeness (QED) is 0.474. The van der Waals surface area contributed by atoms with Crippen LogP contribution in [0.1, 0.15) is 12.8 Å². The van der Waals surface area contributed by atoms with Gasteiger partial charge in [-0.3, -0.25) is 0 Å². The molecule has 0 spiro atoms. The van der Waals surface area contributed by atoms with Crippen LogP contribution in [0.5, 0.6) is 0 Å². The fraction of sp³-hybridized carbons (Fsp3) is 0.500. The predicted molar refractivity (Wildman–Crippen MR) is 36.2 cm³/mol. The third-order valence-corrected chi connectivity index (χ3v) is 1.99. The summed E-state index contributed by atoms with van der Waals surface area (Å²) >= 11 is 0. The third-order valence-electron chi connectivity index (χ3n) is 1.99. The first-order valence-electron chi connectivity index (χ1n) is 3.39. The second-order valence-electron chi connectivity index (χ2n) is 2.67. The average Bonchev–Trinajstić information content (AvgIpc) is 2.25. The summed E-state index contributed by atoms with van der Waals surface area (Å²) in [5.41, 5.74) is 1.14. The number of hydrogen-bond acceptors (Lipinski definition) is 1. The molecule has 2 aliphatic rings. The Hall–Kier alpha value is -0.560. The minimum absolute atomic E-state index is 0.347. The van der Waals surface area contributed by atoms with Crippen molar-refractivity contribution in [2.24, 2.45) is 0 Å². The standard InChI is InChI=1S/C8H10O/c1-6-2-3-7-4-5-8(6)9-7/h2-3,7-8H,1,4-5H2/t7-,8-/m0/s1. The summed E-state index contributed by atoms with van der Waals surface area (Å²) in [7, 11) is 0. The minimum Gasteiger partial charge on any atom is -0.366 e. The van der Waals surface area contributed by atoms with E-state index in [2.05, 4.69) is 18.7 Å². The Morgan fingerprint density at radius 1 is 1.56 bits per heavy atom. The summed E-state index contributed by atoms with van der Waals surface area (Å²) in [6.07, 6.45) is 7.29. The Balaban J connectivity index is 2.29. The molecule has 0 aliphatic carbocycles. The molecule has 2 bridgehead atoms. The molecular weight excluding hydrogens is 112 g/mol. The van der Waals surface area contributed by atoms with Crippen molar-refractivity contribution < 1.29 is 4.74 Å². The van der Waals surface area contributed by atoms with Gasteiger partial charge >= 0.3 is 0 Å².